The number of ketones is 1. The Morgan fingerprint density at radius 1 is 1.32 bits per heavy atom. The number of phenols is 1. The minimum absolute atomic E-state index is 0.0290. The van der Waals surface area contributed by atoms with Crippen molar-refractivity contribution in [3.63, 3.8) is 0 Å². The molecule has 5 nitrogen and oxygen atoms in total. The van der Waals surface area contributed by atoms with Crippen LogP contribution in [0, 0.1) is 11.3 Å². The van der Waals surface area contributed by atoms with Crippen LogP contribution in [-0.2, 0) is 0 Å². The fourth-order valence-electron chi connectivity index (χ4n) is 4.10. The summed E-state index contributed by atoms with van der Waals surface area (Å²) in [7, 11) is 0. The molecule has 0 unspecified atom stereocenters. The lowest BCUT2D eigenvalue weighted by Crippen LogP contribution is -2.41. The molecule has 5 heteroatoms. The van der Waals surface area contributed by atoms with E-state index in [1.54, 1.807) is 0 Å². The summed E-state index contributed by atoms with van der Waals surface area (Å²) in [6, 6.07) is 4.25. The second-order valence-corrected chi connectivity index (χ2v) is 7.86. The van der Waals surface area contributed by atoms with Gasteiger partial charge in [-0.15, -0.1) is 0 Å². The van der Waals surface area contributed by atoms with Crippen molar-refractivity contribution in [1.29, 1.82) is 0 Å². The van der Waals surface area contributed by atoms with Crippen molar-refractivity contribution in [1.82, 2.24) is 0 Å². The quantitative estimate of drug-likeness (QED) is 0.729. The number of ether oxygens (including phenoxy) is 1. The van der Waals surface area contributed by atoms with E-state index in [4.69, 9.17) is 4.74 Å². The van der Waals surface area contributed by atoms with E-state index >= 15 is 0 Å². The van der Waals surface area contributed by atoms with Gasteiger partial charge >= 0.3 is 0 Å². The summed E-state index contributed by atoms with van der Waals surface area (Å²) in [5.41, 5.74) is 1.22. The first kappa shape index (κ1) is 18.0. The average Bonchev–Trinajstić information content (AvgIpc) is 2.79. The summed E-state index contributed by atoms with van der Waals surface area (Å²) < 4.78 is 5.48. The molecule has 0 saturated carbocycles. The molecule has 2 aliphatic rings. The van der Waals surface area contributed by atoms with Crippen LogP contribution in [0.3, 0.4) is 0 Å². The first-order chi connectivity index (χ1) is 11.6. The Hall–Kier alpha value is -1.85. The Bertz CT molecular complexity index is 721. The number of fused-ring (bicyclic) bond motifs is 1. The van der Waals surface area contributed by atoms with Gasteiger partial charge in [0.15, 0.2) is 0 Å². The third-order valence-corrected chi connectivity index (χ3v) is 5.82. The maximum absolute atomic E-state index is 12.5. The summed E-state index contributed by atoms with van der Waals surface area (Å²) >= 11 is 0. The maximum Gasteiger partial charge on any atom is 0.272 e. The second-order valence-electron chi connectivity index (χ2n) is 7.86. The van der Waals surface area contributed by atoms with Crippen molar-refractivity contribution in [2.24, 2.45) is 11.3 Å². The van der Waals surface area contributed by atoms with Crippen LogP contribution in [0.5, 0.6) is 11.5 Å². The van der Waals surface area contributed by atoms with Crippen LogP contribution in [0.15, 0.2) is 29.8 Å². The van der Waals surface area contributed by atoms with E-state index in [0.29, 0.717) is 18.6 Å². The fourth-order valence-corrected chi connectivity index (χ4v) is 4.10. The van der Waals surface area contributed by atoms with Crippen LogP contribution in [0.25, 0.3) is 0 Å². The van der Waals surface area contributed by atoms with Crippen molar-refractivity contribution >= 4 is 5.78 Å². The molecule has 1 aromatic carbocycles. The molecule has 1 heterocycles. The van der Waals surface area contributed by atoms with Gasteiger partial charge in [0.25, 0.3) is 5.79 Å². The van der Waals surface area contributed by atoms with Crippen LogP contribution < -0.4 is 4.74 Å². The van der Waals surface area contributed by atoms with Crippen molar-refractivity contribution in [3.8, 4) is 11.5 Å². The van der Waals surface area contributed by atoms with E-state index in [9.17, 15) is 20.1 Å². The highest BCUT2D eigenvalue weighted by Gasteiger charge is 2.47. The van der Waals surface area contributed by atoms with Crippen LogP contribution in [0.1, 0.15) is 56.8 Å². The molecule has 25 heavy (non-hydrogen) atoms. The minimum atomic E-state index is -1.87. The van der Waals surface area contributed by atoms with E-state index in [-0.39, 0.29) is 35.2 Å². The van der Waals surface area contributed by atoms with E-state index < -0.39 is 11.6 Å². The van der Waals surface area contributed by atoms with Gasteiger partial charge in [0.2, 0.25) is 5.78 Å². The normalized spacial score (nSPS) is 30.6. The van der Waals surface area contributed by atoms with Gasteiger partial charge in [-0.2, -0.15) is 0 Å². The average molecular weight is 346 g/mol. The number of phenolic OH excluding ortho intramolecular Hbond substituents is 1. The standard InChI is InChI=1S/C20H26O5/c1-12-6-9-17(22)19(2,3)15(12)5-4-10-20(24)18(23)14-11-13(21)7-8-16(14)25-20/h6-8,11,15,17,21-22,24H,4-5,9-10H2,1-3H3/t15-,17+,20-/m1/s1. The molecular formula is C20H26O5. The van der Waals surface area contributed by atoms with Gasteiger partial charge in [0.05, 0.1) is 11.7 Å². The molecule has 0 radical (unpaired) electrons. The number of carbonyl (C=O) groups excluding carboxylic acids is 1. The smallest absolute Gasteiger partial charge is 0.272 e. The molecule has 0 spiro atoms. The molecule has 3 N–H and O–H groups in total. The highest BCUT2D eigenvalue weighted by atomic mass is 16.6. The molecule has 0 amide bonds. The van der Waals surface area contributed by atoms with Crippen LogP contribution in [0.2, 0.25) is 0 Å². The van der Waals surface area contributed by atoms with E-state index in [2.05, 4.69) is 26.8 Å². The Balaban J connectivity index is 1.67. The Labute approximate surface area is 147 Å². The monoisotopic (exact) mass is 346 g/mol. The van der Waals surface area contributed by atoms with Gasteiger partial charge in [0, 0.05) is 6.42 Å². The maximum atomic E-state index is 12.5. The van der Waals surface area contributed by atoms with E-state index in [1.807, 2.05) is 0 Å². The van der Waals surface area contributed by atoms with Gasteiger partial charge < -0.3 is 20.1 Å². The number of aliphatic hydroxyl groups is 2. The summed E-state index contributed by atoms with van der Waals surface area (Å²) in [5.74, 6) is -1.91. The van der Waals surface area contributed by atoms with Crippen molar-refractivity contribution < 1.29 is 24.9 Å². The number of hydrogen-bond donors (Lipinski definition) is 3. The summed E-state index contributed by atoms with van der Waals surface area (Å²) in [4.78, 5) is 12.5. The number of aliphatic hydroxyl groups excluding tert-OH is 1. The number of aromatic hydroxyl groups is 1. The number of allylic oxidation sites excluding steroid dienone is 1. The lowest BCUT2D eigenvalue weighted by Gasteiger charge is -2.42. The third-order valence-electron chi connectivity index (χ3n) is 5.82. The van der Waals surface area contributed by atoms with Gasteiger partial charge in [0.1, 0.15) is 11.5 Å². The molecule has 0 saturated heterocycles. The molecule has 1 aliphatic carbocycles. The zero-order valence-corrected chi connectivity index (χ0v) is 15.0. The van der Waals surface area contributed by atoms with E-state index in [0.717, 1.165) is 6.42 Å². The number of rotatable bonds is 4. The Morgan fingerprint density at radius 3 is 2.76 bits per heavy atom. The highest BCUT2D eigenvalue weighted by Crippen LogP contribution is 2.45. The van der Waals surface area contributed by atoms with Gasteiger partial charge in [-0.3, -0.25) is 4.79 Å². The number of hydrogen-bond acceptors (Lipinski definition) is 5. The van der Waals surface area contributed by atoms with E-state index in [1.165, 1.54) is 23.8 Å². The summed E-state index contributed by atoms with van der Waals surface area (Å²) in [5, 5.41) is 30.4. The molecule has 3 rings (SSSR count). The Morgan fingerprint density at radius 2 is 2.04 bits per heavy atom. The lowest BCUT2D eigenvalue weighted by molar-refractivity contribution is -0.0975. The zero-order valence-electron chi connectivity index (χ0n) is 15.0. The van der Waals surface area contributed by atoms with Gasteiger partial charge in [-0.1, -0.05) is 25.5 Å². The molecule has 136 valence electrons. The fraction of sp³-hybridized carbons (Fsp3) is 0.550. The first-order valence-electron chi connectivity index (χ1n) is 8.79. The molecule has 0 aromatic heterocycles. The largest absolute Gasteiger partial charge is 0.508 e. The zero-order chi connectivity index (χ0) is 18.4. The number of Topliss-reactive ketones (excluding diaryl/α,β-unsaturated/α-hetero) is 1. The van der Waals surface area contributed by atoms with Gasteiger partial charge in [-0.25, -0.2) is 0 Å². The van der Waals surface area contributed by atoms with Crippen molar-refractivity contribution in [3.05, 3.63) is 35.4 Å². The van der Waals surface area contributed by atoms with Gasteiger partial charge in [-0.05, 0) is 55.7 Å². The SMILES string of the molecule is CC1=CC[C@H](O)C(C)(C)[C@@H]1CCC[C@@]1(O)Oc2ccc(O)cc2C1=O. The predicted octanol–water partition coefficient (Wildman–Crippen LogP) is 3.18. The number of benzene rings is 1. The molecule has 0 bridgehead atoms. The second kappa shape index (κ2) is 6.15. The lowest BCUT2D eigenvalue weighted by atomic mass is 9.65. The molecule has 3 atom stereocenters. The third kappa shape index (κ3) is 3.07. The van der Waals surface area contributed by atoms with Crippen LogP contribution in [0.4, 0.5) is 0 Å². The summed E-state index contributed by atoms with van der Waals surface area (Å²) in [6.07, 6.45) is 3.88. The van der Waals surface area contributed by atoms with Crippen molar-refractivity contribution in [2.45, 2.75) is 58.3 Å². The highest BCUT2D eigenvalue weighted by molar-refractivity contribution is 6.06. The van der Waals surface area contributed by atoms with Crippen LogP contribution >= 0.6 is 0 Å². The molecule has 1 aromatic rings. The molecular weight excluding hydrogens is 320 g/mol. The topological polar surface area (TPSA) is 87.0 Å². The molecule has 1 aliphatic heterocycles. The molecule has 0 fully saturated rings. The Kier molecular flexibility index (Phi) is 4.41. The summed E-state index contributed by atoms with van der Waals surface area (Å²) in [6.45, 7) is 6.19. The van der Waals surface area contributed by atoms with Crippen LogP contribution in [-0.4, -0.2) is 33.0 Å². The minimum Gasteiger partial charge on any atom is -0.508 e. The van der Waals surface area contributed by atoms with Crippen molar-refractivity contribution in [2.75, 3.05) is 0 Å². The first-order valence-corrected chi connectivity index (χ1v) is 8.79. The number of carbonyl (C=O) groups is 1. The predicted molar refractivity (Wildman–Crippen MR) is 93.5 cm³/mol.